The zero-order valence-electron chi connectivity index (χ0n) is 10.4. The van der Waals surface area contributed by atoms with Gasteiger partial charge in [0.15, 0.2) is 0 Å². The number of thiophene rings is 1. The Morgan fingerprint density at radius 3 is 2.84 bits per heavy atom. The van der Waals surface area contributed by atoms with Crippen molar-refractivity contribution >= 4 is 23.0 Å². The fourth-order valence-corrected chi connectivity index (χ4v) is 2.12. The predicted octanol–water partition coefficient (Wildman–Crippen LogP) is 2.84. The van der Waals surface area contributed by atoms with Crippen LogP contribution in [0.5, 0.6) is 5.75 Å². The standard InChI is InChI=1S/C14H15NO3S/c15-12-3-1-2-4-13(12)17-7-5-14(16)18-9-11-6-8-19-10-11/h1-4,6,8,10H,5,7,9,15H2. The van der Waals surface area contributed by atoms with Crippen molar-refractivity contribution in [3.05, 3.63) is 46.7 Å². The lowest BCUT2D eigenvalue weighted by Crippen LogP contribution is -2.10. The first-order chi connectivity index (χ1) is 9.25. The van der Waals surface area contributed by atoms with Crippen LogP contribution in [-0.4, -0.2) is 12.6 Å². The summed E-state index contributed by atoms with van der Waals surface area (Å²) in [5.41, 5.74) is 7.29. The van der Waals surface area contributed by atoms with E-state index in [2.05, 4.69) is 0 Å². The Bertz CT molecular complexity index is 525. The number of rotatable bonds is 6. The number of esters is 1. The van der Waals surface area contributed by atoms with Crippen LogP contribution in [-0.2, 0) is 16.1 Å². The monoisotopic (exact) mass is 277 g/mol. The van der Waals surface area contributed by atoms with E-state index in [4.69, 9.17) is 15.2 Å². The summed E-state index contributed by atoms with van der Waals surface area (Å²) in [6.45, 7) is 0.576. The van der Waals surface area contributed by atoms with Crippen LogP contribution in [0.3, 0.4) is 0 Å². The van der Waals surface area contributed by atoms with Gasteiger partial charge >= 0.3 is 5.97 Å². The number of ether oxygens (including phenoxy) is 2. The van der Waals surface area contributed by atoms with Crippen molar-refractivity contribution in [1.82, 2.24) is 0 Å². The fourth-order valence-electron chi connectivity index (χ4n) is 1.47. The molecular weight excluding hydrogens is 262 g/mol. The van der Waals surface area contributed by atoms with Crippen molar-refractivity contribution in [3.63, 3.8) is 0 Å². The van der Waals surface area contributed by atoms with E-state index in [0.717, 1.165) is 5.56 Å². The summed E-state index contributed by atoms with van der Waals surface area (Å²) in [6, 6.07) is 9.12. The lowest BCUT2D eigenvalue weighted by Gasteiger charge is -2.08. The Morgan fingerprint density at radius 2 is 2.11 bits per heavy atom. The second-order valence-corrected chi connectivity index (χ2v) is 4.71. The predicted molar refractivity (Wildman–Crippen MR) is 75.1 cm³/mol. The molecule has 1 aromatic heterocycles. The summed E-state index contributed by atoms with van der Waals surface area (Å²) in [6.07, 6.45) is 0.207. The van der Waals surface area contributed by atoms with E-state index >= 15 is 0 Å². The summed E-state index contributed by atoms with van der Waals surface area (Å²) >= 11 is 1.58. The molecular formula is C14H15NO3S. The van der Waals surface area contributed by atoms with E-state index in [0.29, 0.717) is 18.0 Å². The van der Waals surface area contributed by atoms with Gasteiger partial charge in [-0.1, -0.05) is 12.1 Å². The number of benzene rings is 1. The summed E-state index contributed by atoms with van der Waals surface area (Å²) in [7, 11) is 0. The Balaban J connectivity index is 1.68. The van der Waals surface area contributed by atoms with Crippen molar-refractivity contribution in [2.24, 2.45) is 0 Å². The number of anilines is 1. The fraction of sp³-hybridized carbons (Fsp3) is 0.214. The molecule has 19 heavy (non-hydrogen) atoms. The van der Waals surface area contributed by atoms with E-state index in [1.807, 2.05) is 29.0 Å². The van der Waals surface area contributed by atoms with Gasteiger partial charge in [0.25, 0.3) is 0 Å². The van der Waals surface area contributed by atoms with E-state index in [1.54, 1.807) is 23.5 Å². The number of para-hydroxylation sites is 2. The third-order valence-electron chi connectivity index (χ3n) is 2.46. The van der Waals surface area contributed by atoms with Gasteiger partial charge in [-0.25, -0.2) is 0 Å². The average molecular weight is 277 g/mol. The minimum absolute atomic E-state index is 0.207. The van der Waals surface area contributed by atoms with Crippen molar-refractivity contribution in [1.29, 1.82) is 0 Å². The summed E-state index contributed by atoms with van der Waals surface area (Å²) in [5.74, 6) is 0.314. The molecule has 0 saturated heterocycles. The van der Waals surface area contributed by atoms with Crippen molar-refractivity contribution in [3.8, 4) is 5.75 Å². The van der Waals surface area contributed by atoms with Crippen LogP contribution in [0.2, 0.25) is 0 Å². The summed E-state index contributed by atoms with van der Waals surface area (Å²) in [5, 5.41) is 3.90. The Kier molecular flexibility index (Phi) is 4.80. The van der Waals surface area contributed by atoms with Gasteiger partial charge in [0.05, 0.1) is 18.7 Å². The Morgan fingerprint density at radius 1 is 1.26 bits per heavy atom. The molecule has 1 heterocycles. The van der Waals surface area contributed by atoms with Crippen LogP contribution < -0.4 is 10.5 Å². The smallest absolute Gasteiger partial charge is 0.309 e. The normalized spacial score (nSPS) is 10.1. The number of hydrogen-bond donors (Lipinski definition) is 1. The van der Waals surface area contributed by atoms with E-state index in [9.17, 15) is 4.79 Å². The van der Waals surface area contributed by atoms with Crippen LogP contribution in [0, 0.1) is 0 Å². The van der Waals surface area contributed by atoms with Gasteiger partial charge in [-0.2, -0.15) is 11.3 Å². The molecule has 4 nitrogen and oxygen atoms in total. The molecule has 0 fully saturated rings. The average Bonchev–Trinajstić information content (AvgIpc) is 2.92. The Labute approximate surface area is 115 Å². The van der Waals surface area contributed by atoms with Gasteiger partial charge in [-0.15, -0.1) is 0 Å². The van der Waals surface area contributed by atoms with Crippen LogP contribution in [0.1, 0.15) is 12.0 Å². The number of carbonyl (C=O) groups is 1. The molecule has 100 valence electrons. The zero-order valence-corrected chi connectivity index (χ0v) is 11.2. The SMILES string of the molecule is Nc1ccccc1OCCC(=O)OCc1ccsc1. The van der Waals surface area contributed by atoms with E-state index < -0.39 is 0 Å². The number of nitrogen functional groups attached to an aromatic ring is 1. The van der Waals surface area contributed by atoms with E-state index in [1.165, 1.54) is 0 Å². The minimum Gasteiger partial charge on any atom is -0.491 e. The molecule has 0 amide bonds. The molecule has 0 bridgehead atoms. The van der Waals surface area contributed by atoms with Gasteiger partial charge in [0, 0.05) is 5.56 Å². The molecule has 0 aliphatic rings. The molecule has 0 aliphatic carbocycles. The van der Waals surface area contributed by atoms with Crippen molar-refractivity contribution in [2.75, 3.05) is 12.3 Å². The molecule has 0 saturated carbocycles. The quantitative estimate of drug-likeness (QED) is 0.651. The molecule has 2 aromatic rings. The maximum Gasteiger partial charge on any atom is 0.309 e. The first kappa shape index (κ1) is 13.4. The highest BCUT2D eigenvalue weighted by atomic mass is 32.1. The van der Waals surface area contributed by atoms with Crippen molar-refractivity contribution < 1.29 is 14.3 Å². The first-order valence-electron chi connectivity index (χ1n) is 5.89. The number of nitrogens with two attached hydrogens (primary N) is 1. The molecule has 1 aromatic carbocycles. The van der Waals surface area contributed by atoms with Gasteiger partial charge in [-0.05, 0) is 29.0 Å². The Hall–Kier alpha value is -2.01. The van der Waals surface area contributed by atoms with Crippen molar-refractivity contribution in [2.45, 2.75) is 13.0 Å². The third kappa shape index (κ3) is 4.30. The van der Waals surface area contributed by atoms with Gasteiger partial charge in [0.2, 0.25) is 0 Å². The molecule has 0 atom stereocenters. The van der Waals surface area contributed by atoms with E-state index in [-0.39, 0.29) is 19.0 Å². The lowest BCUT2D eigenvalue weighted by atomic mass is 10.3. The molecule has 0 unspecified atom stereocenters. The molecule has 2 rings (SSSR count). The second kappa shape index (κ2) is 6.80. The van der Waals surface area contributed by atoms with Crippen LogP contribution in [0.25, 0.3) is 0 Å². The molecule has 0 radical (unpaired) electrons. The third-order valence-corrected chi connectivity index (χ3v) is 3.19. The van der Waals surface area contributed by atoms with Crippen LogP contribution in [0.15, 0.2) is 41.1 Å². The topological polar surface area (TPSA) is 61.5 Å². The second-order valence-electron chi connectivity index (χ2n) is 3.93. The lowest BCUT2D eigenvalue weighted by molar-refractivity contribution is -0.145. The molecule has 0 spiro atoms. The largest absolute Gasteiger partial charge is 0.491 e. The highest BCUT2D eigenvalue weighted by molar-refractivity contribution is 7.07. The van der Waals surface area contributed by atoms with Crippen LogP contribution in [0.4, 0.5) is 5.69 Å². The maximum absolute atomic E-state index is 11.5. The minimum atomic E-state index is -0.277. The summed E-state index contributed by atoms with van der Waals surface area (Å²) < 4.78 is 10.5. The first-order valence-corrected chi connectivity index (χ1v) is 6.84. The molecule has 2 N–H and O–H groups in total. The highest BCUT2D eigenvalue weighted by Gasteiger charge is 2.05. The van der Waals surface area contributed by atoms with Gasteiger partial charge < -0.3 is 15.2 Å². The maximum atomic E-state index is 11.5. The van der Waals surface area contributed by atoms with Gasteiger partial charge in [-0.3, -0.25) is 4.79 Å². The van der Waals surface area contributed by atoms with Gasteiger partial charge in [0.1, 0.15) is 12.4 Å². The summed E-state index contributed by atoms with van der Waals surface area (Å²) in [4.78, 5) is 11.5. The van der Waals surface area contributed by atoms with Crippen LogP contribution >= 0.6 is 11.3 Å². The highest BCUT2D eigenvalue weighted by Crippen LogP contribution is 2.19. The molecule has 5 heteroatoms. The number of carbonyl (C=O) groups excluding carboxylic acids is 1. The molecule has 0 aliphatic heterocycles. The zero-order chi connectivity index (χ0) is 13.5. The number of hydrogen-bond acceptors (Lipinski definition) is 5.